The maximum atomic E-state index is 12.9. The second-order valence-corrected chi connectivity index (χ2v) is 6.98. The van der Waals surface area contributed by atoms with Crippen LogP contribution in [-0.4, -0.2) is 18.0 Å². The smallest absolute Gasteiger partial charge is 0.262 e. The van der Waals surface area contributed by atoms with Crippen LogP contribution in [0.5, 0.6) is 5.75 Å². The van der Waals surface area contributed by atoms with Crippen LogP contribution in [-0.2, 0) is 0 Å². The van der Waals surface area contributed by atoms with Crippen molar-refractivity contribution in [2.75, 3.05) is 12.4 Å². The van der Waals surface area contributed by atoms with Crippen molar-refractivity contribution >= 4 is 39.0 Å². The molecule has 0 unspecified atom stereocenters. The van der Waals surface area contributed by atoms with Gasteiger partial charge in [-0.2, -0.15) is 0 Å². The van der Waals surface area contributed by atoms with E-state index in [1.165, 1.54) is 11.3 Å². The Bertz CT molecular complexity index is 1210. The van der Waals surface area contributed by atoms with Crippen molar-refractivity contribution in [1.29, 1.82) is 0 Å². The van der Waals surface area contributed by atoms with E-state index in [-0.39, 0.29) is 11.5 Å². The minimum atomic E-state index is -0.338. The third-order valence-corrected chi connectivity index (χ3v) is 4.78. The number of benzene rings is 2. The van der Waals surface area contributed by atoms with E-state index in [1.54, 1.807) is 30.8 Å². The lowest BCUT2D eigenvalue weighted by Gasteiger charge is -2.08. The number of nitrogens with zero attached hydrogens (tertiary/aromatic N) is 2. The van der Waals surface area contributed by atoms with Gasteiger partial charge in [-0.1, -0.05) is 24.3 Å². The van der Waals surface area contributed by atoms with Crippen molar-refractivity contribution in [1.82, 2.24) is 4.98 Å². The van der Waals surface area contributed by atoms with E-state index >= 15 is 0 Å². The molecule has 0 bridgehead atoms. The minimum absolute atomic E-state index is 0.205. The van der Waals surface area contributed by atoms with Gasteiger partial charge in [0.25, 0.3) is 5.91 Å². The van der Waals surface area contributed by atoms with E-state index < -0.39 is 0 Å². The number of aromatic nitrogens is 1. The number of thiazole rings is 1. The maximum absolute atomic E-state index is 12.9. The Kier molecular flexibility index (Phi) is 4.90. The van der Waals surface area contributed by atoms with Crippen molar-refractivity contribution in [3.63, 3.8) is 0 Å². The monoisotopic (exact) mass is 391 g/mol. The molecule has 28 heavy (non-hydrogen) atoms. The number of rotatable bonds is 4. The molecule has 4 aromatic rings. The van der Waals surface area contributed by atoms with E-state index in [9.17, 15) is 4.79 Å². The molecule has 0 aliphatic carbocycles. The Morgan fingerprint density at radius 2 is 2.07 bits per heavy atom. The van der Waals surface area contributed by atoms with Crippen LogP contribution in [0.2, 0.25) is 0 Å². The van der Waals surface area contributed by atoms with Crippen LogP contribution in [0.25, 0.3) is 11.0 Å². The third kappa shape index (κ3) is 3.65. The quantitative estimate of drug-likeness (QED) is 0.547. The highest BCUT2D eigenvalue weighted by Gasteiger charge is 2.15. The fourth-order valence-corrected chi connectivity index (χ4v) is 3.32. The number of methoxy groups -OCH3 is 1. The Balaban J connectivity index is 1.92. The van der Waals surface area contributed by atoms with Gasteiger partial charge in [-0.3, -0.25) is 10.1 Å². The fraction of sp³-hybridized carbons (Fsp3) is 0.0952. The second kappa shape index (κ2) is 7.66. The van der Waals surface area contributed by atoms with Crippen LogP contribution in [0.1, 0.15) is 15.9 Å². The van der Waals surface area contributed by atoms with Crippen LogP contribution in [0.15, 0.2) is 69.5 Å². The van der Waals surface area contributed by atoms with Gasteiger partial charge in [-0.15, -0.1) is 11.3 Å². The zero-order chi connectivity index (χ0) is 19.5. The first-order valence-corrected chi connectivity index (χ1v) is 9.45. The topological polar surface area (TPSA) is 76.7 Å². The average Bonchev–Trinajstić information content (AvgIpc) is 3.20. The molecule has 7 heteroatoms. The molecule has 0 atom stereocenters. The summed E-state index contributed by atoms with van der Waals surface area (Å²) in [5.41, 5.74) is 2.81. The number of carbonyl (C=O) groups excluding carboxylic acids is 1. The molecule has 6 nitrogen and oxygen atoms in total. The molecule has 0 saturated carbocycles. The molecular formula is C21H17N3O3S. The summed E-state index contributed by atoms with van der Waals surface area (Å²) in [5, 5.41) is 5.83. The standard InChI is InChI=1S/C21H17N3O3S/c1-13-5-3-7-15(11-13)23-20-16(19(25)24-21-22-9-10-28-21)12-14-6-4-8-17(26-2)18(14)27-20/h3-12H,1-2H3,(H,22,24,25). The summed E-state index contributed by atoms with van der Waals surface area (Å²) in [6.07, 6.45) is 1.63. The molecule has 0 saturated heterocycles. The summed E-state index contributed by atoms with van der Waals surface area (Å²) in [6, 6.07) is 14.9. The van der Waals surface area contributed by atoms with Gasteiger partial charge in [-0.25, -0.2) is 9.98 Å². The van der Waals surface area contributed by atoms with E-state index in [1.807, 2.05) is 43.3 Å². The van der Waals surface area contributed by atoms with Gasteiger partial charge in [0.15, 0.2) is 16.5 Å². The highest BCUT2D eigenvalue weighted by Crippen LogP contribution is 2.25. The number of ether oxygens (including phenoxy) is 1. The van der Waals surface area contributed by atoms with Gasteiger partial charge in [0, 0.05) is 17.0 Å². The molecule has 2 heterocycles. The van der Waals surface area contributed by atoms with Crippen molar-refractivity contribution in [3.8, 4) is 5.75 Å². The summed E-state index contributed by atoms with van der Waals surface area (Å²) < 4.78 is 11.4. The first-order valence-electron chi connectivity index (χ1n) is 8.57. The number of anilines is 1. The Morgan fingerprint density at radius 1 is 1.21 bits per heavy atom. The number of aryl methyl sites for hydroxylation is 1. The number of hydrogen-bond acceptors (Lipinski definition) is 6. The molecule has 1 N–H and O–H groups in total. The Morgan fingerprint density at radius 3 is 2.82 bits per heavy atom. The predicted octanol–water partition coefficient (Wildman–Crippen LogP) is 4.69. The van der Waals surface area contributed by atoms with Gasteiger partial charge in [0.05, 0.1) is 12.8 Å². The van der Waals surface area contributed by atoms with Crippen molar-refractivity contribution in [2.24, 2.45) is 4.99 Å². The average molecular weight is 391 g/mol. The first-order chi connectivity index (χ1) is 13.6. The van der Waals surface area contributed by atoms with Crippen LogP contribution in [0, 0.1) is 6.92 Å². The van der Waals surface area contributed by atoms with E-state index in [0.717, 1.165) is 10.9 Å². The van der Waals surface area contributed by atoms with Crippen molar-refractivity contribution in [3.05, 3.63) is 76.8 Å². The fourth-order valence-electron chi connectivity index (χ4n) is 2.80. The van der Waals surface area contributed by atoms with Gasteiger partial charge >= 0.3 is 0 Å². The molecule has 1 amide bonds. The normalized spacial score (nSPS) is 11.6. The highest BCUT2D eigenvalue weighted by atomic mass is 32.1. The summed E-state index contributed by atoms with van der Waals surface area (Å²) in [4.78, 5) is 21.6. The SMILES string of the molecule is COc1cccc2cc(C(=O)Nc3nccs3)c(=Nc3cccc(C)c3)oc12. The lowest BCUT2D eigenvalue weighted by molar-refractivity contribution is 0.102. The van der Waals surface area contributed by atoms with E-state index in [0.29, 0.717) is 27.7 Å². The second-order valence-electron chi connectivity index (χ2n) is 6.09. The van der Waals surface area contributed by atoms with Crippen LogP contribution in [0.4, 0.5) is 10.8 Å². The molecule has 0 spiro atoms. The lowest BCUT2D eigenvalue weighted by Crippen LogP contribution is -2.21. The maximum Gasteiger partial charge on any atom is 0.262 e. The number of carbonyl (C=O) groups is 1. The first kappa shape index (κ1) is 17.9. The highest BCUT2D eigenvalue weighted by molar-refractivity contribution is 7.13. The zero-order valence-corrected chi connectivity index (χ0v) is 16.1. The molecule has 0 aliphatic heterocycles. The Hall–Kier alpha value is -3.45. The number of nitrogens with one attached hydrogen (secondary N) is 1. The third-order valence-electron chi connectivity index (χ3n) is 4.09. The van der Waals surface area contributed by atoms with Gasteiger partial charge in [0.1, 0.15) is 5.56 Å². The van der Waals surface area contributed by atoms with Crippen molar-refractivity contribution < 1.29 is 13.9 Å². The molecule has 2 aromatic carbocycles. The summed E-state index contributed by atoms with van der Waals surface area (Å²) >= 11 is 1.34. The lowest BCUT2D eigenvalue weighted by atomic mass is 10.1. The summed E-state index contributed by atoms with van der Waals surface area (Å²) in [5.74, 6) is 0.236. The zero-order valence-electron chi connectivity index (χ0n) is 15.3. The molecule has 4 rings (SSSR count). The van der Waals surface area contributed by atoms with Crippen LogP contribution in [0.3, 0.4) is 0 Å². The van der Waals surface area contributed by atoms with Gasteiger partial charge < -0.3 is 9.15 Å². The summed E-state index contributed by atoms with van der Waals surface area (Å²) in [6.45, 7) is 1.98. The molecule has 0 radical (unpaired) electrons. The number of fused-ring (bicyclic) bond motifs is 1. The van der Waals surface area contributed by atoms with E-state index in [4.69, 9.17) is 9.15 Å². The van der Waals surface area contributed by atoms with E-state index in [2.05, 4.69) is 15.3 Å². The molecule has 2 aromatic heterocycles. The number of para-hydroxylation sites is 1. The minimum Gasteiger partial charge on any atom is -0.493 e. The van der Waals surface area contributed by atoms with Crippen LogP contribution < -0.4 is 15.6 Å². The molecule has 0 fully saturated rings. The molecule has 140 valence electrons. The number of hydrogen-bond donors (Lipinski definition) is 1. The molecular weight excluding hydrogens is 374 g/mol. The molecule has 0 aliphatic rings. The number of amides is 1. The van der Waals surface area contributed by atoms with Gasteiger partial charge in [-0.05, 0) is 36.8 Å². The van der Waals surface area contributed by atoms with Crippen LogP contribution >= 0.6 is 11.3 Å². The Labute approximate surface area is 165 Å². The summed E-state index contributed by atoms with van der Waals surface area (Å²) in [7, 11) is 1.57. The predicted molar refractivity (Wildman–Crippen MR) is 109 cm³/mol. The van der Waals surface area contributed by atoms with Crippen molar-refractivity contribution in [2.45, 2.75) is 6.92 Å². The largest absolute Gasteiger partial charge is 0.493 e. The van der Waals surface area contributed by atoms with Gasteiger partial charge in [0.2, 0.25) is 5.55 Å².